The number of para-hydroxylation sites is 1. The summed E-state index contributed by atoms with van der Waals surface area (Å²) in [7, 11) is 0. The summed E-state index contributed by atoms with van der Waals surface area (Å²) < 4.78 is 12.6. The molecule has 0 fully saturated rings. The maximum Gasteiger partial charge on any atom is 0.293 e. The van der Waals surface area contributed by atoms with Gasteiger partial charge in [-0.1, -0.05) is 18.2 Å². The second-order valence-corrected chi connectivity index (χ2v) is 7.09. The summed E-state index contributed by atoms with van der Waals surface area (Å²) in [5.41, 5.74) is 2.17. The molecule has 25 heavy (non-hydrogen) atoms. The Hall–Kier alpha value is -2.28. The first-order valence-corrected chi connectivity index (χ1v) is 9.15. The van der Waals surface area contributed by atoms with E-state index in [4.69, 9.17) is 9.15 Å². The number of fused-ring (bicyclic) bond motifs is 1. The SMILES string of the molecule is O=C(c1ccc(COc2ccc(I)cc2)o1)N1CCc2ccccc21. The van der Waals surface area contributed by atoms with Gasteiger partial charge in [-0.05, 0) is 77.0 Å². The zero-order chi connectivity index (χ0) is 17.2. The first-order valence-electron chi connectivity index (χ1n) is 8.07. The highest BCUT2D eigenvalue weighted by Crippen LogP contribution is 2.29. The Labute approximate surface area is 159 Å². The Bertz CT molecular complexity index is 901. The number of rotatable bonds is 4. The summed E-state index contributed by atoms with van der Waals surface area (Å²) in [5, 5.41) is 0. The topological polar surface area (TPSA) is 42.7 Å². The molecule has 5 heteroatoms. The Morgan fingerprint density at radius 2 is 1.88 bits per heavy atom. The first kappa shape index (κ1) is 16.2. The van der Waals surface area contributed by atoms with Gasteiger partial charge in [0.05, 0.1) is 0 Å². The lowest BCUT2D eigenvalue weighted by Crippen LogP contribution is -2.28. The molecule has 0 aliphatic carbocycles. The predicted octanol–water partition coefficient (Wildman–Crippen LogP) is 4.67. The Morgan fingerprint density at radius 3 is 2.72 bits per heavy atom. The number of benzene rings is 2. The van der Waals surface area contributed by atoms with Crippen LogP contribution in [0.4, 0.5) is 5.69 Å². The first-order chi connectivity index (χ1) is 12.2. The molecule has 2 aromatic carbocycles. The number of hydrogen-bond acceptors (Lipinski definition) is 3. The van der Waals surface area contributed by atoms with Crippen molar-refractivity contribution in [3.8, 4) is 5.75 Å². The van der Waals surface area contributed by atoms with E-state index >= 15 is 0 Å². The molecule has 2 heterocycles. The minimum Gasteiger partial charge on any atom is -0.486 e. The van der Waals surface area contributed by atoms with E-state index in [1.807, 2.05) is 42.5 Å². The molecule has 0 saturated heterocycles. The predicted molar refractivity (Wildman–Crippen MR) is 104 cm³/mol. The zero-order valence-corrected chi connectivity index (χ0v) is 15.6. The van der Waals surface area contributed by atoms with Crippen molar-refractivity contribution in [3.05, 3.63) is 81.3 Å². The van der Waals surface area contributed by atoms with Gasteiger partial charge in [-0.3, -0.25) is 4.79 Å². The van der Waals surface area contributed by atoms with Gasteiger partial charge in [-0.2, -0.15) is 0 Å². The van der Waals surface area contributed by atoms with Crippen molar-refractivity contribution < 1.29 is 13.9 Å². The molecule has 1 aromatic heterocycles. The molecule has 0 spiro atoms. The number of ether oxygens (including phenoxy) is 1. The van der Waals surface area contributed by atoms with Crippen molar-refractivity contribution in [2.75, 3.05) is 11.4 Å². The molecule has 0 N–H and O–H groups in total. The summed E-state index contributed by atoms with van der Waals surface area (Å²) in [6.07, 6.45) is 0.880. The Morgan fingerprint density at radius 1 is 1.08 bits per heavy atom. The van der Waals surface area contributed by atoms with Crippen LogP contribution in [-0.4, -0.2) is 12.5 Å². The molecule has 0 saturated carbocycles. The number of carbonyl (C=O) groups is 1. The second kappa shape index (κ2) is 6.92. The molecule has 1 aliphatic heterocycles. The summed E-state index contributed by atoms with van der Waals surface area (Å²) in [6.45, 7) is 0.984. The molecule has 0 unspecified atom stereocenters. The molecule has 0 atom stereocenters. The van der Waals surface area contributed by atoms with Gasteiger partial charge < -0.3 is 14.1 Å². The Balaban J connectivity index is 1.44. The van der Waals surface area contributed by atoms with Crippen molar-refractivity contribution in [1.29, 1.82) is 0 Å². The third-order valence-corrected chi connectivity index (χ3v) is 4.92. The molecule has 4 nitrogen and oxygen atoms in total. The van der Waals surface area contributed by atoms with Crippen molar-refractivity contribution >= 4 is 34.2 Å². The maximum atomic E-state index is 12.7. The number of furan rings is 1. The molecule has 1 aliphatic rings. The third kappa shape index (κ3) is 3.42. The summed E-state index contributed by atoms with van der Waals surface area (Å²) in [6, 6.07) is 19.3. The highest BCUT2D eigenvalue weighted by molar-refractivity contribution is 14.1. The standard InChI is InChI=1S/C20H16INO3/c21-15-5-7-16(8-6-15)24-13-17-9-10-19(25-17)20(23)22-12-11-14-3-1-2-4-18(14)22/h1-10H,11-13H2. The molecule has 1 amide bonds. The van der Waals surface area contributed by atoms with Crippen LogP contribution in [0.2, 0.25) is 0 Å². The van der Waals surface area contributed by atoms with Gasteiger partial charge in [0, 0.05) is 15.8 Å². The molecular weight excluding hydrogens is 429 g/mol. The van der Waals surface area contributed by atoms with Crippen LogP contribution in [0.1, 0.15) is 21.9 Å². The van der Waals surface area contributed by atoms with Gasteiger partial charge in [-0.25, -0.2) is 0 Å². The highest BCUT2D eigenvalue weighted by atomic mass is 127. The fourth-order valence-electron chi connectivity index (χ4n) is 2.94. The average molecular weight is 445 g/mol. The molecule has 0 radical (unpaired) electrons. The van der Waals surface area contributed by atoms with E-state index in [1.54, 1.807) is 17.0 Å². The summed E-state index contributed by atoms with van der Waals surface area (Å²) in [4.78, 5) is 14.5. The van der Waals surface area contributed by atoms with Crippen molar-refractivity contribution in [3.63, 3.8) is 0 Å². The van der Waals surface area contributed by atoms with Gasteiger partial charge in [0.1, 0.15) is 18.1 Å². The van der Waals surface area contributed by atoms with Crippen LogP contribution in [0.25, 0.3) is 0 Å². The van der Waals surface area contributed by atoms with E-state index < -0.39 is 0 Å². The molecule has 4 rings (SSSR count). The largest absolute Gasteiger partial charge is 0.486 e. The van der Waals surface area contributed by atoms with Crippen LogP contribution in [0.3, 0.4) is 0 Å². The molecule has 3 aromatic rings. The van der Waals surface area contributed by atoms with Crippen molar-refractivity contribution in [2.45, 2.75) is 13.0 Å². The van der Waals surface area contributed by atoms with Gasteiger partial charge in [0.25, 0.3) is 5.91 Å². The number of hydrogen-bond donors (Lipinski definition) is 0. The monoisotopic (exact) mass is 445 g/mol. The smallest absolute Gasteiger partial charge is 0.293 e. The normalized spacial score (nSPS) is 12.9. The number of halogens is 1. The molecule has 0 bridgehead atoms. The van der Waals surface area contributed by atoms with E-state index in [-0.39, 0.29) is 5.91 Å². The summed E-state index contributed by atoms with van der Waals surface area (Å²) >= 11 is 2.25. The minimum absolute atomic E-state index is 0.106. The van der Waals surface area contributed by atoms with Gasteiger partial charge in [0.2, 0.25) is 0 Å². The van der Waals surface area contributed by atoms with Crippen LogP contribution in [-0.2, 0) is 13.0 Å². The van der Waals surface area contributed by atoms with Crippen LogP contribution in [0.15, 0.2) is 65.1 Å². The van der Waals surface area contributed by atoms with Gasteiger partial charge in [0.15, 0.2) is 5.76 Å². The lowest BCUT2D eigenvalue weighted by Gasteiger charge is -2.15. The van der Waals surface area contributed by atoms with Crippen LogP contribution >= 0.6 is 22.6 Å². The van der Waals surface area contributed by atoms with Gasteiger partial charge in [-0.15, -0.1) is 0 Å². The fraction of sp³-hybridized carbons (Fsp3) is 0.150. The Kier molecular flexibility index (Phi) is 4.48. The number of carbonyl (C=O) groups excluding carboxylic acids is 1. The molecular formula is C20H16INO3. The summed E-state index contributed by atoms with van der Waals surface area (Å²) in [5.74, 6) is 1.65. The second-order valence-electron chi connectivity index (χ2n) is 5.84. The maximum absolute atomic E-state index is 12.7. The van der Waals surface area contributed by atoms with Crippen LogP contribution in [0.5, 0.6) is 5.75 Å². The van der Waals surface area contributed by atoms with E-state index in [9.17, 15) is 4.79 Å². The van der Waals surface area contributed by atoms with E-state index in [2.05, 4.69) is 28.7 Å². The van der Waals surface area contributed by atoms with Crippen molar-refractivity contribution in [1.82, 2.24) is 0 Å². The molecule has 126 valence electrons. The quantitative estimate of drug-likeness (QED) is 0.549. The lowest BCUT2D eigenvalue weighted by atomic mass is 10.2. The zero-order valence-electron chi connectivity index (χ0n) is 13.4. The third-order valence-electron chi connectivity index (χ3n) is 4.20. The fourth-order valence-corrected chi connectivity index (χ4v) is 3.30. The van der Waals surface area contributed by atoms with Crippen LogP contribution in [0, 0.1) is 3.57 Å². The lowest BCUT2D eigenvalue weighted by molar-refractivity contribution is 0.0958. The highest BCUT2D eigenvalue weighted by Gasteiger charge is 2.27. The van der Waals surface area contributed by atoms with E-state index in [0.717, 1.165) is 21.4 Å². The van der Waals surface area contributed by atoms with Crippen LogP contribution < -0.4 is 9.64 Å². The number of nitrogens with zero attached hydrogens (tertiary/aromatic N) is 1. The van der Waals surface area contributed by atoms with Crippen molar-refractivity contribution in [2.24, 2.45) is 0 Å². The average Bonchev–Trinajstić information content (AvgIpc) is 3.28. The number of amides is 1. The number of anilines is 1. The van der Waals surface area contributed by atoms with Gasteiger partial charge >= 0.3 is 0 Å². The van der Waals surface area contributed by atoms with E-state index in [0.29, 0.717) is 24.7 Å². The minimum atomic E-state index is -0.106. The van der Waals surface area contributed by atoms with E-state index in [1.165, 1.54) is 5.56 Å².